The lowest BCUT2D eigenvalue weighted by atomic mass is 10.1. The van der Waals surface area contributed by atoms with Crippen molar-refractivity contribution in [2.45, 2.75) is 33.4 Å². The van der Waals surface area contributed by atoms with E-state index in [2.05, 4.69) is 19.7 Å². The molecular weight excluding hydrogens is 364 g/mol. The number of imidazole rings is 1. The Labute approximate surface area is 160 Å². The summed E-state index contributed by atoms with van der Waals surface area (Å²) in [7, 11) is 0. The van der Waals surface area contributed by atoms with E-state index in [1.807, 2.05) is 48.7 Å². The summed E-state index contributed by atoms with van der Waals surface area (Å²) in [6.07, 6.45) is 7.34. The van der Waals surface area contributed by atoms with Gasteiger partial charge in [0.1, 0.15) is 11.8 Å². The summed E-state index contributed by atoms with van der Waals surface area (Å²) in [6.45, 7) is 3.00. The Kier molecular flexibility index (Phi) is 4.54. The predicted molar refractivity (Wildman–Crippen MR) is 103 cm³/mol. The van der Waals surface area contributed by atoms with Gasteiger partial charge in [-0.2, -0.15) is 8.78 Å². The van der Waals surface area contributed by atoms with Crippen molar-refractivity contribution in [2.75, 3.05) is 4.90 Å². The molecule has 1 atom stereocenters. The molecule has 3 aromatic rings. The molecule has 4 rings (SSSR count). The molecule has 8 heteroatoms. The highest BCUT2D eigenvalue weighted by Gasteiger charge is 2.26. The number of ether oxygens (including phenoxy) is 1. The first kappa shape index (κ1) is 18.1. The number of hydrogen-bond acceptors (Lipinski definition) is 5. The summed E-state index contributed by atoms with van der Waals surface area (Å²) in [5.41, 5.74) is 5.24. The summed E-state index contributed by atoms with van der Waals surface area (Å²) in [5.74, 6) is 0.119. The Morgan fingerprint density at radius 3 is 2.50 bits per heavy atom. The van der Waals surface area contributed by atoms with Crippen LogP contribution >= 0.6 is 0 Å². The SMILES string of the molecule is Cc1cn2c(C3C=NC=CN3c3ccc(OC(F)F)cc3)c(C)nc2c(C)n1. The van der Waals surface area contributed by atoms with Gasteiger partial charge in [0.15, 0.2) is 5.65 Å². The number of fused-ring (bicyclic) bond motifs is 1. The number of aliphatic imine (C=N–C) groups is 1. The van der Waals surface area contributed by atoms with Gasteiger partial charge >= 0.3 is 6.61 Å². The van der Waals surface area contributed by atoms with Gasteiger partial charge in [-0.15, -0.1) is 0 Å². The monoisotopic (exact) mass is 383 g/mol. The third-order valence-electron chi connectivity index (χ3n) is 4.60. The van der Waals surface area contributed by atoms with E-state index in [0.717, 1.165) is 34.1 Å². The van der Waals surface area contributed by atoms with Crippen LogP contribution in [0.5, 0.6) is 5.75 Å². The van der Waals surface area contributed by atoms with Crippen molar-refractivity contribution in [3.05, 3.63) is 65.6 Å². The van der Waals surface area contributed by atoms with Crippen molar-refractivity contribution in [3.8, 4) is 5.75 Å². The molecule has 1 aromatic carbocycles. The fourth-order valence-corrected chi connectivity index (χ4v) is 3.49. The Morgan fingerprint density at radius 1 is 1.04 bits per heavy atom. The number of alkyl halides is 2. The minimum absolute atomic E-state index is 0.119. The second-order valence-corrected chi connectivity index (χ2v) is 6.56. The first-order valence-electron chi connectivity index (χ1n) is 8.80. The van der Waals surface area contributed by atoms with Gasteiger partial charge in [0.2, 0.25) is 0 Å². The first-order chi connectivity index (χ1) is 13.4. The van der Waals surface area contributed by atoms with Gasteiger partial charge in [0.05, 0.1) is 22.8 Å². The molecule has 0 saturated heterocycles. The number of benzene rings is 1. The molecule has 0 N–H and O–H groups in total. The maximum absolute atomic E-state index is 12.4. The van der Waals surface area contributed by atoms with E-state index in [1.165, 1.54) is 12.1 Å². The van der Waals surface area contributed by atoms with Gasteiger partial charge in [0, 0.05) is 30.5 Å². The largest absolute Gasteiger partial charge is 0.435 e. The van der Waals surface area contributed by atoms with E-state index in [1.54, 1.807) is 18.3 Å². The summed E-state index contributed by atoms with van der Waals surface area (Å²) in [4.78, 5) is 15.5. The van der Waals surface area contributed by atoms with Gasteiger partial charge < -0.3 is 9.64 Å². The fraction of sp³-hybridized carbons (Fsp3) is 0.250. The van der Waals surface area contributed by atoms with Gasteiger partial charge in [-0.3, -0.25) is 14.4 Å². The van der Waals surface area contributed by atoms with Crippen molar-refractivity contribution >= 4 is 17.5 Å². The first-order valence-corrected chi connectivity index (χ1v) is 8.80. The van der Waals surface area contributed by atoms with Gasteiger partial charge in [-0.05, 0) is 45.0 Å². The Morgan fingerprint density at radius 2 is 1.79 bits per heavy atom. The van der Waals surface area contributed by atoms with E-state index in [-0.39, 0.29) is 11.8 Å². The molecule has 28 heavy (non-hydrogen) atoms. The van der Waals surface area contributed by atoms with E-state index < -0.39 is 6.61 Å². The zero-order valence-corrected chi connectivity index (χ0v) is 15.7. The lowest BCUT2D eigenvalue weighted by molar-refractivity contribution is -0.0498. The molecule has 0 amide bonds. The van der Waals surface area contributed by atoms with Crippen molar-refractivity contribution in [3.63, 3.8) is 0 Å². The van der Waals surface area contributed by atoms with Crippen LogP contribution in [0, 0.1) is 20.8 Å². The van der Waals surface area contributed by atoms with Crippen LogP contribution in [0.25, 0.3) is 5.65 Å². The highest BCUT2D eigenvalue weighted by Crippen LogP contribution is 2.32. The van der Waals surface area contributed by atoms with Crippen LogP contribution in [0.3, 0.4) is 0 Å². The summed E-state index contributed by atoms with van der Waals surface area (Å²) in [5, 5.41) is 0. The number of hydrogen-bond donors (Lipinski definition) is 0. The highest BCUT2D eigenvalue weighted by atomic mass is 19.3. The number of aromatic nitrogens is 3. The van der Waals surface area contributed by atoms with Crippen LogP contribution in [0.15, 0.2) is 47.9 Å². The second kappa shape index (κ2) is 7.03. The summed E-state index contributed by atoms with van der Waals surface area (Å²) < 4.78 is 31.3. The molecule has 0 saturated carbocycles. The zero-order valence-electron chi connectivity index (χ0n) is 15.7. The number of anilines is 1. The average Bonchev–Trinajstić information content (AvgIpc) is 2.98. The molecule has 0 aliphatic carbocycles. The van der Waals surface area contributed by atoms with Crippen LogP contribution in [-0.4, -0.2) is 27.2 Å². The lowest BCUT2D eigenvalue weighted by Crippen LogP contribution is -2.28. The smallest absolute Gasteiger partial charge is 0.387 e. The molecule has 1 aliphatic heterocycles. The van der Waals surface area contributed by atoms with Gasteiger partial charge in [0.25, 0.3) is 0 Å². The van der Waals surface area contributed by atoms with E-state index >= 15 is 0 Å². The van der Waals surface area contributed by atoms with E-state index in [0.29, 0.717) is 0 Å². The molecule has 144 valence electrons. The third kappa shape index (κ3) is 3.21. The van der Waals surface area contributed by atoms with Crippen molar-refractivity contribution in [1.82, 2.24) is 14.4 Å². The van der Waals surface area contributed by atoms with Gasteiger partial charge in [-0.25, -0.2) is 4.98 Å². The average molecular weight is 383 g/mol. The maximum Gasteiger partial charge on any atom is 0.387 e. The number of nitrogens with zero attached hydrogens (tertiary/aromatic N) is 5. The number of aryl methyl sites for hydroxylation is 3. The Hall–Kier alpha value is -3.29. The zero-order chi connectivity index (χ0) is 19.8. The van der Waals surface area contributed by atoms with Crippen molar-refractivity contribution < 1.29 is 13.5 Å². The van der Waals surface area contributed by atoms with E-state index in [9.17, 15) is 8.78 Å². The molecule has 6 nitrogen and oxygen atoms in total. The van der Waals surface area contributed by atoms with E-state index in [4.69, 9.17) is 0 Å². The molecule has 0 bridgehead atoms. The van der Waals surface area contributed by atoms with Crippen molar-refractivity contribution in [2.24, 2.45) is 4.99 Å². The third-order valence-corrected chi connectivity index (χ3v) is 4.60. The van der Waals surface area contributed by atoms with Crippen LogP contribution < -0.4 is 9.64 Å². The molecule has 0 spiro atoms. The Bertz CT molecular complexity index is 1070. The van der Waals surface area contributed by atoms with Crippen LogP contribution in [-0.2, 0) is 0 Å². The van der Waals surface area contributed by atoms with Crippen LogP contribution in [0.4, 0.5) is 14.5 Å². The predicted octanol–water partition coefficient (Wildman–Crippen LogP) is 4.36. The highest BCUT2D eigenvalue weighted by molar-refractivity contribution is 5.77. The molecular formula is C20H19F2N5O. The Balaban J connectivity index is 1.77. The number of rotatable bonds is 4. The topological polar surface area (TPSA) is 55.0 Å². The fourth-order valence-electron chi connectivity index (χ4n) is 3.49. The molecule has 0 radical (unpaired) electrons. The molecule has 0 fully saturated rings. The minimum atomic E-state index is -2.85. The number of halogens is 2. The van der Waals surface area contributed by atoms with Crippen molar-refractivity contribution in [1.29, 1.82) is 0 Å². The lowest BCUT2D eigenvalue weighted by Gasteiger charge is -2.30. The van der Waals surface area contributed by atoms with Crippen LogP contribution in [0.2, 0.25) is 0 Å². The van der Waals surface area contributed by atoms with Gasteiger partial charge in [-0.1, -0.05) is 0 Å². The summed E-state index contributed by atoms with van der Waals surface area (Å²) >= 11 is 0. The molecule has 3 heterocycles. The molecule has 1 aliphatic rings. The quantitative estimate of drug-likeness (QED) is 0.672. The maximum atomic E-state index is 12.4. The molecule has 1 unspecified atom stereocenters. The van der Waals surface area contributed by atoms with Crippen LogP contribution in [0.1, 0.15) is 28.8 Å². The summed E-state index contributed by atoms with van der Waals surface area (Å²) in [6, 6.07) is 6.33. The second-order valence-electron chi connectivity index (χ2n) is 6.56. The normalized spacial score (nSPS) is 16.4. The molecule has 2 aromatic heterocycles. The minimum Gasteiger partial charge on any atom is -0.435 e. The standard InChI is InChI=1S/C20H19F2N5O/c1-12-11-27-18(13(2)25-19(27)14(3)24-12)17-10-23-8-9-26(17)15-4-6-16(7-5-15)28-20(21)22/h4-11,17,20H,1-3H3.